The number of hydrogen-bond donors (Lipinski definition) is 10. The Bertz CT molecular complexity index is 2460. The SMILES string of the molecule is CC(C)(C)C(c1cc(-c2cc(F)ccc2F)cn1Cc1ccccc1)N(CCC(N)C(=O)NCCN(C(=O)CNC(=O)C(CC(=O)O)SCC(N)C(=O)O)C(CCC(=O)O)C(N)=O)C(=O)CO.O=C(O)C(F)(F)F. The second kappa shape index (κ2) is 28.9. The molecule has 74 heavy (non-hydrogen) atoms. The standard InChI is InChI=1S/C44H58F2N8O12S.C2HF3O2/c1-44(2,3)39(33-17-26(28-18-27(45)9-10-29(28)46)22-52(33)21-25-7-5-4-6-8-25)54(36(57)23-55)15-13-30(47)41(63)50-14-16-53(32(40(49)62)11-12-37(58)59)35(56)20-51-42(64)34(19-38(60)61)67-24-31(48)43(65)66;3-2(4,5)1(6)7/h4-10,17-18,22,30-32,34,39,55H,11-16,19-21,23-24,47-48H2,1-3H3,(H2,49,62)(H,50,63)(H,51,64)(H,58,59)(H,60,61)(H,65,66);(H,6,7). The number of aliphatic hydroxyl groups excluding tert-OH is 1. The van der Waals surface area contributed by atoms with Crippen molar-refractivity contribution in [1.29, 1.82) is 0 Å². The Kier molecular flexibility index (Phi) is 24.6. The fourth-order valence-corrected chi connectivity index (χ4v) is 8.24. The number of nitrogens with one attached hydrogen (secondary N) is 2. The van der Waals surface area contributed by atoms with E-state index in [1.165, 1.54) is 4.90 Å². The number of nitrogens with two attached hydrogens (primary N) is 3. The number of primary amides is 1. The van der Waals surface area contributed by atoms with Crippen LogP contribution in [0.2, 0.25) is 0 Å². The summed E-state index contributed by atoms with van der Waals surface area (Å²) in [5.41, 5.74) is 18.2. The number of amides is 5. The molecule has 0 aliphatic rings. The number of thioether (sulfide) groups is 1. The zero-order chi connectivity index (χ0) is 56.2. The van der Waals surface area contributed by atoms with Crippen LogP contribution in [-0.2, 0) is 49.7 Å². The molecule has 0 aliphatic heterocycles. The van der Waals surface area contributed by atoms with Crippen LogP contribution in [0.15, 0.2) is 60.8 Å². The first kappa shape index (κ1) is 62.9. The van der Waals surface area contributed by atoms with Gasteiger partial charge in [0.1, 0.15) is 30.3 Å². The van der Waals surface area contributed by atoms with Crippen molar-refractivity contribution in [2.45, 2.75) is 88.6 Å². The Labute approximate surface area is 424 Å². The molecule has 0 saturated heterocycles. The topological polar surface area (TPSA) is 368 Å². The van der Waals surface area contributed by atoms with Crippen LogP contribution >= 0.6 is 11.8 Å². The van der Waals surface area contributed by atoms with Crippen LogP contribution in [0.4, 0.5) is 22.0 Å². The van der Waals surface area contributed by atoms with E-state index in [2.05, 4.69) is 10.6 Å². The van der Waals surface area contributed by atoms with Crippen molar-refractivity contribution in [2.24, 2.45) is 22.6 Å². The maximum Gasteiger partial charge on any atom is 0.490 e. The molecule has 408 valence electrons. The quantitative estimate of drug-likeness (QED) is 0.0484. The summed E-state index contributed by atoms with van der Waals surface area (Å²) in [6.07, 6.45) is -5.46. The third-order valence-electron chi connectivity index (χ3n) is 10.7. The number of alkyl halides is 3. The summed E-state index contributed by atoms with van der Waals surface area (Å²) in [6.45, 7) is 2.96. The van der Waals surface area contributed by atoms with Gasteiger partial charge >= 0.3 is 30.1 Å². The number of carbonyl (C=O) groups excluding carboxylic acids is 5. The van der Waals surface area contributed by atoms with Gasteiger partial charge in [-0.2, -0.15) is 13.2 Å². The molecule has 0 fully saturated rings. The fraction of sp³-hybridized carbons (Fsp3) is 0.457. The molecule has 5 amide bonds. The van der Waals surface area contributed by atoms with E-state index in [1.54, 1.807) is 16.8 Å². The average molecular weight is 1080 g/mol. The minimum atomic E-state index is -5.08. The summed E-state index contributed by atoms with van der Waals surface area (Å²) in [4.78, 5) is 111. The van der Waals surface area contributed by atoms with Crippen molar-refractivity contribution in [3.8, 4) is 11.1 Å². The zero-order valence-electron chi connectivity index (χ0n) is 40.2. The van der Waals surface area contributed by atoms with E-state index >= 15 is 4.39 Å². The maximum absolute atomic E-state index is 15.1. The van der Waals surface area contributed by atoms with E-state index in [9.17, 15) is 71.2 Å². The lowest BCUT2D eigenvalue weighted by Gasteiger charge is -2.41. The number of aliphatic carboxylic acids is 4. The van der Waals surface area contributed by atoms with Crippen molar-refractivity contribution in [3.05, 3.63) is 83.7 Å². The van der Waals surface area contributed by atoms with Crippen LogP contribution in [0.1, 0.15) is 63.8 Å². The predicted octanol–water partition coefficient (Wildman–Crippen LogP) is 1.51. The molecule has 0 bridgehead atoms. The van der Waals surface area contributed by atoms with E-state index < -0.39 is 145 Å². The number of hydrogen-bond acceptors (Lipinski definition) is 13. The molecule has 2 aromatic carbocycles. The highest BCUT2D eigenvalue weighted by atomic mass is 32.2. The van der Waals surface area contributed by atoms with Crippen LogP contribution in [0, 0.1) is 17.0 Å². The Balaban J connectivity index is 0.00000249. The average Bonchev–Trinajstić information content (AvgIpc) is 3.71. The summed E-state index contributed by atoms with van der Waals surface area (Å²) < 4.78 is 63.1. The van der Waals surface area contributed by atoms with Crippen molar-refractivity contribution < 1.29 is 90.6 Å². The highest BCUT2D eigenvalue weighted by Crippen LogP contribution is 2.41. The van der Waals surface area contributed by atoms with Gasteiger partial charge in [0.2, 0.25) is 29.5 Å². The van der Waals surface area contributed by atoms with E-state index in [4.69, 9.17) is 32.2 Å². The van der Waals surface area contributed by atoms with Crippen molar-refractivity contribution in [3.63, 3.8) is 0 Å². The Hall–Kier alpha value is -7.17. The second-order valence-corrected chi connectivity index (χ2v) is 18.7. The molecule has 0 radical (unpaired) electrons. The fourth-order valence-electron chi connectivity index (χ4n) is 7.16. The van der Waals surface area contributed by atoms with Crippen LogP contribution in [-0.4, -0.2) is 161 Å². The monoisotopic (exact) mass is 1070 g/mol. The molecular formula is C46H59F5N8O14S. The largest absolute Gasteiger partial charge is 0.490 e. The van der Waals surface area contributed by atoms with E-state index in [-0.39, 0.29) is 37.4 Å². The molecule has 13 N–H and O–H groups in total. The van der Waals surface area contributed by atoms with Gasteiger partial charge in [0.05, 0.1) is 30.3 Å². The molecule has 0 spiro atoms. The van der Waals surface area contributed by atoms with Gasteiger partial charge in [0, 0.05) is 61.4 Å². The normalized spacial score (nSPS) is 13.4. The number of aliphatic hydroxyl groups is 1. The number of carboxylic acids is 4. The minimum absolute atomic E-state index is 0.0208. The van der Waals surface area contributed by atoms with Gasteiger partial charge in [-0.05, 0) is 48.1 Å². The molecule has 1 aromatic heterocycles. The molecule has 5 unspecified atom stereocenters. The Morgan fingerprint density at radius 2 is 1.41 bits per heavy atom. The Morgan fingerprint density at radius 1 is 0.784 bits per heavy atom. The van der Waals surface area contributed by atoms with Crippen LogP contribution in [0.25, 0.3) is 11.1 Å². The molecule has 22 nitrogen and oxygen atoms in total. The first-order valence-electron chi connectivity index (χ1n) is 22.2. The van der Waals surface area contributed by atoms with Gasteiger partial charge in [0.25, 0.3) is 0 Å². The highest BCUT2D eigenvalue weighted by molar-refractivity contribution is 8.00. The van der Waals surface area contributed by atoms with Gasteiger partial charge in [-0.3, -0.25) is 38.4 Å². The van der Waals surface area contributed by atoms with E-state index in [1.807, 2.05) is 51.1 Å². The number of carbonyl (C=O) groups is 9. The molecular weight excluding hydrogens is 1020 g/mol. The second-order valence-electron chi connectivity index (χ2n) is 17.4. The molecule has 5 atom stereocenters. The maximum atomic E-state index is 15.1. The summed E-state index contributed by atoms with van der Waals surface area (Å²) in [7, 11) is 0. The smallest absolute Gasteiger partial charge is 0.481 e. The minimum Gasteiger partial charge on any atom is -0.481 e. The van der Waals surface area contributed by atoms with E-state index in [0.29, 0.717) is 23.0 Å². The number of benzene rings is 2. The molecule has 3 aromatic rings. The predicted molar refractivity (Wildman–Crippen MR) is 254 cm³/mol. The summed E-state index contributed by atoms with van der Waals surface area (Å²) in [6, 6.07) is 8.81. The van der Waals surface area contributed by atoms with Gasteiger partial charge in [-0.25, -0.2) is 13.6 Å². The van der Waals surface area contributed by atoms with Crippen molar-refractivity contribution in [2.75, 3.05) is 38.5 Å². The summed E-state index contributed by atoms with van der Waals surface area (Å²) in [5.74, 6) is -13.2. The zero-order valence-corrected chi connectivity index (χ0v) is 41.0. The number of nitrogens with zero attached hydrogens (tertiary/aromatic N) is 3. The summed E-state index contributed by atoms with van der Waals surface area (Å²) >= 11 is 0.627. The summed E-state index contributed by atoms with van der Waals surface area (Å²) in [5, 5.41) is 48.3. The van der Waals surface area contributed by atoms with E-state index in [0.717, 1.165) is 28.7 Å². The lowest BCUT2D eigenvalue weighted by Crippen LogP contribution is -2.54. The first-order valence-corrected chi connectivity index (χ1v) is 23.3. The van der Waals surface area contributed by atoms with Crippen molar-refractivity contribution >= 4 is 65.2 Å². The number of rotatable bonds is 27. The van der Waals surface area contributed by atoms with Gasteiger partial charge < -0.3 is 67.7 Å². The van der Waals surface area contributed by atoms with Crippen LogP contribution < -0.4 is 27.8 Å². The van der Waals surface area contributed by atoms with Gasteiger partial charge in [-0.15, -0.1) is 11.8 Å². The highest BCUT2D eigenvalue weighted by Gasteiger charge is 2.39. The first-order chi connectivity index (χ1) is 34.4. The third-order valence-corrected chi connectivity index (χ3v) is 12.0. The lowest BCUT2D eigenvalue weighted by molar-refractivity contribution is -0.192. The number of carboxylic acid groups (broad SMARTS) is 4. The lowest BCUT2D eigenvalue weighted by atomic mass is 9.82. The molecule has 1 heterocycles. The van der Waals surface area contributed by atoms with Gasteiger partial charge in [-0.1, -0.05) is 51.1 Å². The van der Waals surface area contributed by atoms with Crippen LogP contribution in [0.5, 0.6) is 0 Å². The molecule has 0 saturated carbocycles. The number of aromatic nitrogens is 1. The van der Waals surface area contributed by atoms with Crippen LogP contribution in [0.3, 0.4) is 0 Å². The van der Waals surface area contributed by atoms with Crippen molar-refractivity contribution in [1.82, 2.24) is 25.0 Å². The molecule has 3 rings (SSSR count). The Morgan fingerprint density at radius 3 is 1.93 bits per heavy atom. The molecule has 28 heteroatoms. The molecule has 0 aliphatic carbocycles. The third kappa shape index (κ3) is 20.4. The van der Waals surface area contributed by atoms with Gasteiger partial charge in [0.15, 0.2) is 0 Å². The number of halogens is 5.